The van der Waals surface area contributed by atoms with Crippen molar-refractivity contribution < 1.29 is 14.3 Å². The zero-order chi connectivity index (χ0) is 15.3. The number of aliphatic hydroxyl groups is 1. The number of nitrogens with zero attached hydrogens (tertiary/aromatic N) is 1. The van der Waals surface area contributed by atoms with E-state index in [0.29, 0.717) is 13.2 Å². The molecule has 0 spiro atoms. The number of aliphatic hydroxyl groups excluding tert-OH is 1. The van der Waals surface area contributed by atoms with Gasteiger partial charge in [-0.1, -0.05) is 42.5 Å². The van der Waals surface area contributed by atoms with E-state index in [9.17, 15) is 5.11 Å². The first kappa shape index (κ1) is 15.5. The van der Waals surface area contributed by atoms with Crippen LogP contribution in [0.4, 0.5) is 0 Å². The Labute approximate surface area is 127 Å². The second-order valence-corrected chi connectivity index (χ2v) is 6.33. The molecule has 2 aromatic carbocycles. The molecule has 21 heavy (non-hydrogen) atoms. The van der Waals surface area contributed by atoms with E-state index in [4.69, 9.17) is 4.74 Å². The molecule has 0 bridgehead atoms. The lowest BCUT2D eigenvalue weighted by atomic mass is 10.1. The van der Waals surface area contributed by atoms with Gasteiger partial charge in [0.15, 0.2) is 0 Å². The number of likely N-dealkylation sites (N-methyl/N-ethyl adjacent to an activating group) is 1. The van der Waals surface area contributed by atoms with E-state index < -0.39 is 6.10 Å². The van der Waals surface area contributed by atoms with Crippen molar-refractivity contribution in [2.24, 2.45) is 0 Å². The van der Waals surface area contributed by atoms with E-state index in [0.717, 1.165) is 15.8 Å². The average molecular weight is 286 g/mol. The van der Waals surface area contributed by atoms with Crippen molar-refractivity contribution in [3.8, 4) is 16.9 Å². The summed E-state index contributed by atoms with van der Waals surface area (Å²) in [5, 5.41) is 9.94. The molecular weight excluding hydrogens is 262 g/mol. The van der Waals surface area contributed by atoms with Crippen molar-refractivity contribution in [1.82, 2.24) is 0 Å². The molecule has 0 fully saturated rings. The van der Waals surface area contributed by atoms with E-state index in [2.05, 4.69) is 33.3 Å². The van der Waals surface area contributed by atoms with Gasteiger partial charge in [-0.15, -0.1) is 0 Å². The molecule has 2 rings (SSSR count). The summed E-state index contributed by atoms with van der Waals surface area (Å²) in [6.45, 7) is 0.988. The monoisotopic (exact) mass is 286 g/mol. The number of ether oxygens (including phenoxy) is 1. The van der Waals surface area contributed by atoms with Gasteiger partial charge in [0.05, 0.1) is 21.1 Å². The molecule has 112 valence electrons. The van der Waals surface area contributed by atoms with E-state index in [-0.39, 0.29) is 0 Å². The van der Waals surface area contributed by atoms with Crippen LogP contribution in [0.15, 0.2) is 54.6 Å². The molecule has 0 aliphatic rings. The summed E-state index contributed by atoms with van der Waals surface area (Å²) >= 11 is 0. The topological polar surface area (TPSA) is 29.5 Å². The number of hydrogen-bond donors (Lipinski definition) is 1. The van der Waals surface area contributed by atoms with Crippen LogP contribution in [0.5, 0.6) is 5.75 Å². The second-order valence-electron chi connectivity index (χ2n) is 6.33. The molecule has 0 heterocycles. The van der Waals surface area contributed by atoms with Crippen LogP contribution in [0, 0.1) is 0 Å². The Morgan fingerprint density at radius 1 is 0.905 bits per heavy atom. The molecular formula is C18H24NO2+. The maximum Gasteiger partial charge on any atom is 0.137 e. The van der Waals surface area contributed by atoms with Crippen molar-refractivity contribution in [2.75, 3.05) is 34.3 Å². The predicted octanol–water partition coefficient (Wildman–Crippen LogP) is 2.80. The number of benzene rings is 2. The first-order valence-electron chi connectivity index (χ1n) is 7.21. The minimum Gasteiger partial charge on any atom is -0.491 e. The lowest BCUT2D eigenvalue weighted by molar-refractivity contribution is -0.873. The molecule has 3 nitrogen and oxygen atoms in total. The summed E-state index contributed by atoms with van der Waals surface area (Å²) in [7, 11) is 6.16. The fourth-order valence-electron chi connectivity index (χ4n) is 2.25. The Kier molecular flexibility index (Phi) is 4.99. The Balaban J connectivity index is 1.91. The smallest absolute Gasteiger partial charge is 0.137 e. The summed E-state index contributed by atoms with van der Waals surface area (Å²) < 4.78 is 6.36. The molecule has 0 aromatic heterocycles. The highest BCUT2D eigenvalue weighted by Crippen LogP contribution is 2.22. The van der Waals surface area contributed by atoms with Crippen LogP contribution in [0.2, 0.25) is 0 Å². The van der Waals surface area contributed by atoms with Gasteiger partial charge in [0, 0.05) is 0 Å². The second kappa shape index (κ2) is 6.74. The van der Waals surface area contributed by atoms with Gasteiger partial charge in [0.25, 0.3) is 0 Å². The Morgan fingerprint density at radius 3 is 2.05 bits per heavy atom. The van der Waals surface area contributed by atoms with Crippen LogP contribution < -0.4 is 4.74 Å². The molecule has 0 aliphatic carbocycles. The van der Waals surface area contributed by atoms with Gasteiger partial charge in [0.1, 0.15) is 25.0 Å². The number of rotatable bonds is 6. The molecule has 0 saturated carbocycles. The van der Waals surface area contributed by atoms with Gasteiger partial charge in [-0.25, -0.2) is 0 Å². The van der Waals surface area contributed by atoms with Gasteiger partial charge < -0.3 is 14.3 Å². The van der Waals surface area contributed by atoms with Crippen LogP contribution in [-0.4, -0.2) is 50.0 Å². The zero-order valence-electron chi connectivity index (χ0n) is 13.0. The SMILES string of the molecule is C[N+](C)(C)C[C@H](O)COc1ccc(-c2ccccc2)cc1. The fraction of sp³-hybridized carbons (Fsp3) is 0.333. The molecule has 0 radical (unpaired) electrons. The molecule has 1 atom stereocenters. The quantitative estimate of drug-likeness (QED) is 0.828. The Hall–Kier alpha value is -1.84. The van der Waals surface area contributed by atoms with Gasteiger partial charge in [-0.2, -0.15) is 0 Å². The number of hydrogen-bond acceptors (Lipinski definition) is 2. The van der Waals surface area contributed by atoms with E-state index in [1.165, 1.54) is 5.56 Å². The highest BCUT2D eigenvalue weighted by atomic mass is 16.5. The summed E-state index contributed by atoms with van der Waals surface area (Å²) in [4.78, 5) is 0. The predicted molar refractivity (Wildman–Crippen MR) is 86.3 cm³/mol. The molecule has 0 amide bonds. The zero-order valence-corrected chi connectivity index (χ0v) is 13.0. The third-order valence-electron chi connectivity index (χ3n) is 3.16. The fourth-order valence-corrected chi connectivity index (χ4v) is 2.25. The van der Waals surface area contributed by atoms with E-state index in [1.54, 1.807) is 0 Å². The number of quaternary nitrogens is 1. The van der Waals surface area contributed by atoms with Crippen LogP contribution in [0.1, 0.15) is 0 Å². The highest BCUT2D eigenvalue weighted by molar-refractivity contribution is 5.63. The van der Waals surface area contributed by atoms with Crippen LogP contribution >= 0.6 is 0 Å². The van der Waals surface area contributed by atoms with Crippen LogP contribution in [0.25, 0.3) is 11.1 Å². The van der Waals surface area contributed by atoms with Gasteiger partial charge >= 0.3 is 0 Å². The highest BCUT2D eigenvalue weighted by Gasteiger charge is 2.15. The van der Waals surface area contributed by atoms with Crippen molar-refractivity contribution in [1.29, 1.82) is 0 Å². The van der Waals surface area contributed by atoms with E-state index >= 15 is 0 Å². The summed E-state index contributed by atoms with van der Waals surface area (Å²) in [5.74, 6) is 0.787. The van der Waals surface area contributed by atoms with Crippen molar-refractivity contribution in [3.63, 3.8) is 0 Å². The standard InChI is InChI=1S/C18H24NO2/c1-19(2,3)13-17(20)14-21-18-11-9-16(10-12-18)15-7-5-4-6-8-15/h4-12,17,20H,13-14H2,1-3H3/q+1/t17-/m0/s1. The van der Waals surface area contributed by atoms with E-state index in [1.807, 2.05) is 42.5 Å². The minimum absolute atomic E-state index is 0.320. The maximum absolute atomic E-state index is 9.94. The first-order chi connectivity index (χ1) is 9.94. The molecule has 0 unspecified atom stereocenters. The van der Waals surface area contributed by atoms with Crippen LogP contribution in [0.3, 0.4) is 0 Å². The van der Waals surface area contributed by atoms with Gasteiger partial charge in [-0.05, 0) is 23.3 Å². The minimum atomic E-state index is -0.459. The summed E-state index contributed by atoms with van der Waals surface area (Å²) in [6.07, 6.45) is -0.459. The average Bonchev–Trinajstić information content (AvgIpc) is 2.45. The first-order valence-corrected chi connectivity index (χ1v) is 7.21. The summed E-state index contributed by atoms with van der Waals surface area (Å²) in [6, 6.07) is 18.2. The lowest BCUT2D eigenvalue weighted by Gasteiger charge is -2.26. The molecule has 0 saturated heterocycles. The Morgan fingerprint density at radius 2 is 1.48 bits per heavy atom. The molecule has 2 aromatic rings. The largest absolute Gasteiger partial charge is 0.491 e. The lowest BCUT2D eigenvalue weighted by Crippen LogP contribution is -2.43. The third kappa shape index (κ3) is 5.21. The molecule has 1 N–H and O–H groups in total. The Bertz CT molecular complexity index is 544. The normalized spacial score (nSPS) is 13.0. The molecule has 3 heteroatoms. The molecule has 0 aliphatic heterocycles. The maximum atomic E-state index is 9.94. The third-order valence-corrected chi connectivity index (χ3v) is 3.16. The van der Waals surface area contributed by atoms with Crippen molar-refractivity contribution in [3.05, 3.63) is 54.6 Å². The van der Waals surface area contributed by atoms with Crippen LogP contribution in [-0.2, 0) is 0 Å². The van der Waals surface area contributed by atoms with Gasteiger partial charge in [-0.3, -0.25) is 0 Å². The van der Waals surface area contributed by atoms with Crippen molar-refractivity contribution in [2.45, 2.75) is 6.10 Å². The van der Waals surface area contributed by atoms with Crippen molar-refractivity contribution >= 4 is 0 Å². The summed E-state index contributed by atoms with van der Waals surface area (Å²) in [5.41, 5.74) is 2.35. The van der Waals surface area contributed by atoms with Gasteiger partial charge in [0.2, 0.25) is 0 Å².